The number of halogens is 1. The molecule has 0 aliphatic carbocycles. The zero-order chi connectivity index (χ0) is 17.5. The Morgan fingerprint density at radius 1 is 1.17 bits per heavy atom. The van der Waals surface area contributed by atoms with Crippen molar-refractivity contribution in [1.82, 2.24) is 10.6 Å². The summed E-state index contributed by atoms with van der Waals surface area (Å²) in [4.78, 5) is 34.2. The fraction of sp³-hybridized carbons (Fsp3) is 0.400. The van der Waals surface area contributed by atoms with Crippen LogP contribution in [0.3, 0.4) is 0 Å². The summed E-state index contributed by atoms with van der Waals surface area (Å²) in [6.45, 7) is 4.15. The number of urea groups is 1. The summed E-state index contributed by atoms with van der Waals surface area (Å²) in [6.07, 6.45) is 0. The molecule has 1 aromatic carbocycles. The minimum Gasteiger partial charge on any atom is -0.482 e. The number of esters is 1. The minimum absolute atomic E-state index is 0.163. The Morgan fingerprint density at radius 3 is 2.48 bits per heavy atom. The number of amides is 3. The van der Waals surface area contributed by atoms with Crippen LogP contribution in [0.1, 0.15) is 20.8 Å². The van der Waals surface area contributed by atoms with Gasteiger partial charge in [0, 0.05) is 11.6 Å². The zero-order valence-corrected chi connectivity index (χ0v) is 13.1. The van der Waals surface area contributed by atoms with Crippen molar-refractivity contribution in [1.29, 1.82) is 0 Å². The van der Waals surface area contributed by atoms with E-state index in [1.165, 1.54) is 18.2 Å². The number of hydrogen-bond donors (Lipinski definition) is 2. The molecule has 126 valence electrons. The molecule has 0 aliphatic rings. The van der Waals surface area contributed by atoms with E-state index < -0.39 is 42.5 Å². The van der Waals surface area contributed by atoms with Crippen molar-refractivity contribution >= 4 is 17.9 Å². The molecular weight excluding hydrogens is 307 g/mol. The highest BCUT2D eigenvalue weighted by Crippen LogP contribution is 2.11. The van der Waals surface area contributed by atoms with Gasteiger partial charge < -0.3 is 14.8 Å². The minimum atomic E-state index is -0.819. The van der Waals surface area contributed by atoms with E-state index >= 15 is 0 Å². The van der Waals surface area contributed by atoms with Crippen molar-refractivity contribution < 1.29 is 28.2 Å². The number of imide groups is 1. The van der Waals surface area contributed by atoms with E-state index in [0.29, 0.717) is 0 Å². The lowest BCUT2D eigenvalue weighted by atomic mass is 10.1. The zero-order valence-electron chi connectivity index (χ0n) is 13.1. The molecule has 23 heavy (non-hydrogen) atoms. The molecule has 0 saturated carbocycles. The van der Waals surface area contributed by atoms with Gasteiger partial charge in [-0.2, -0.15) is 0 Å². The van der Waals surface area contributed by atoms with E-state index in [-0.39, 0.29) is 5.75 Å². The topological polar surface area (TPSA) is 93.7 Å². The number of benzene rings is 1. The average Bonchev–Trinajstić information content (AvgIpc) is 2.40. The van der Waals surface area contributed by atoms with Crippen molar-refractivity contribution in [2.45, 2.75) is 26.3 Å². The Balaban J connectivity index is 2.27. The van der Waals surface area contributed by atoms with Gasteiger partial charge in [0.1, 0.15) is 11.6 Å². The number of ether oxygens (including phenoxy) is 2. The highest BCUT2D eigenvalue weighted by molar-refractivity contribution is 5.95. The second-order valence-electron chi connectivity index (χ2n) is 5.66. The van der Waals surface area contributed by atoms with E-state index in [1.807, 2.05) is 5.32 Å². The fourth-order valence-electron chi connectivity index (χ4n) is 1.42. The van der Waals surface area contributed by atoms with Gasteiger partial charge in [-0.15, -0.1) is 0 Å². The lowest BCUT2D eigenvalue weighted by Crippen LogP contribution is -2.49. The van der Waals surface area contributed by atoms with E-state index in [2.05, 4.69) is 10.1 Å². The Kier molecular flexibility index (Phi) is 6.49. The first kappa shape index (κ1) is 18.4. The average molecular weight is 326 g/mol. The summed E-state index contributed by atoms with van der Waals surface area (Å²) in [7, 11) is 0. The van der Waals surface area contributed by atoms with Crippen LogP contribution in [-0.2, 0) is 14.3 Å². The van der Waals surface area contributed by atoms with E-state index in [4.69, 9.17) is 4.74 Å². The second kappa shape index (κ2) is 8.11. The quantitative estimate of drug-likeness (QED) is 0.797. The first-order valence-corrected chi connectivity index (χ1v) is 6.82. The van der Waals surface area contributed by atoms with Crippen molar-refractivity contribution in [2.24, 2.45) is 0 Å². The van der Waals surface area contributed by atoms with Crippen LogP contribution in [-0.4, -0.2) is 36.7 Å². The van der Waals surface area contributed by atoms with Gasteiger partial charge in [0.25, 0.3) is 5.91 Å². The molecule has 2 N–H and O–H groups in total. The molecule has 0 bridgehead atoms. The lowest BCUT2D eigenvalue weighted by molar-refractivity contribution is -0.150. The summed E-state index contributed by atoms with van der Waals surface area (Å²) in [6, 6.07) is 4.56. The van der Waals surface area contributed by atoms with Crippen LogP contribution >= 0.6 is 0 Å². The first-order valence-electron chi connectivity index (χ1n) is 6.82. The predicted molar refractivity (Wildman–Crippen MR) is 79.3 cm³/mol. The van der Waals surface area contributed by atoms with Crippen molar-refractivity contribution in [2.75, 3.05) is 13.2 Å². The second-order valence-corrected chi connectivity index (χ2v) is 5.66. The summed E-state index contributed by atoms with van der Waals surface area (Å²) < 4.78 is 22.5. The largest absolute Gasteiger partial charge is 0.482 e. The monoisotopic (exact) mass is 326 g/mol. The Hall–Kier alpha value is -2.64. The number of nitrogens with one attached hydrogen (secondary N) is 2. The predicted octanol–water partition coefficient (Wildman–Crippen LogP) is 1.37. The van der Waals surface area contributed by atoms with Crippen molar-refractivity contribution in [3.05, 3.63) is 30.1 Å². The van der Waals surface area contributed by atoms with Crippen LogP contribution in [0.4, 0.5) is 9.18 Å². The smallest absolute Gasteiger partial charge is 0.344 e. The van der Waals surface area contributed by atoms with E-state index in [0.717, 1.165) is 6.07 Å². The third-order valence-corrected chi connectivity index (χ3v) is 2.26. The SMILES string of the molecule is CC(C)(C)NC(=O)NC(=O)COC(=O)COc1cccc(F)c1. The van der Waals surface area contributed by atoms with Gasteiger partial charge in [-0.1, -0.05) is 6.07 Å². The van der Waals surface area contributed by atoms with Gasteiger partial charge in [-0.05, 0) is 32.9 Å². The summed E-state index contributed by atoms with van der Waals surface area (Å²) in [5, 5.41) is 4.53. The summed E-state index contributed by atoms with van der Waals surface area (Å²) in [5.74, 6) is -1.93. The molecule has 0 atom stereocenters. The molecule has 0 aromatic heterocycles. The highest BCUT2D eigenvalue weighted by atomic mass is 19.1. The summed E-state index contributed by atoms with van der Waals surface area (Å²) >= 11 is 0. The number of rotatable bonds is 5. The third kappa shape index (κ3) is 8.40. The number of carbonyl (C=O) groups excluding carboxylic acids is 3. The van der Waals surface area contributed by atoms with E-state index in [9.17, 15) is 18.8 Å². The maximum atomic E-state index is 12.9. The molecule has 0 unspecified atom stereocenters. The van der Waals surface area contributed by atoms with Crippen molar-refractivity contribution in [3.63, 3.8) is 0 Å². The lowest BCUT2D eigenvalue weighted by Gasteiger charge is -2.20. The molecule has 7 nitrogen and oxygen atoms in total. The van der Waals surface area contributed by atoms with Gasteiger partial charge in [0.15, 0.2) is 13.2 Å². The molecule has 0 saturated heterocycles. The Labute approximate surface area is 133 Å². The molecule has 1 aromatic rings. The molecule has 0 heterocycles. The molecule has 8 heteroatoms. The third-order valence-electron chi connectivity index (χ3n) is 2.26. The van der Waals surface area contributed by atoms with Gasteiger partial charge in [0.2, 0.25) is 0 Å². The van der Waals surface area contributed by atoms with Crippen LogP contribution in [0, 0.1) is 5.82 Å². The molecule has 0 fully saturated rings. The van der Waals surface area contributed by atoms with Crippen LogP contribution in [0.25, 0.3) is 0 Å². The summed E-state index contributed by atoms with van der Waals surface area (Å²) in [5.41, 5.74) is -0.500. The first-order chi connectivity index (χ1) is 10.7. The molecule has 0 aliphatic heterocycles. The maximum absolute atomic E-state index is 12.9. The Bertz CT molecular complexity index is 583. The molecule has 0 spiro atoms. The fourth-order valence-corrected chi connectivity index (χ4v) is 1.42. The van der Waals surface area contributed by atoms with Gasteiger partial charge in [0.05, 0.1) is 0 Å². The van der Waals surface area contributed by atoms with Gasteiger partial charge >= 0.3 is 12.0 Å². The van der Waals surface area contributed by atoms with Crippen LogP contribution < -0.4 is 15.4 Å². The Morgan fingerprint density at radius 2 is 1.87 bits per heavy atom. The van der Waals surface area contributed by atoms with Crippen LogP contribution in [0.15, 0.2) is 24.3 Å². The number of carbonyl (C=O) groups is 3. The highest BCUT2D eigenvalue weighted by Gasteiger charge is 2.16. The van der Waals surface area contributed by atoms with E-state index in [1.54, 1.807) is 20.8 Å². The molecular formula is C15H19FN2O5. The molecule has 3 amide bonds. The molecule has 0 radical (unpaired) electrons. The maximum Gasteiger partial charge on any atom is 0.344 e. The van der Waals surface area contributed by atoms with Crippen LogP contribution in [0.2, 0.25) is 0 Å². The van der Waals surface area contributed by atoms with Crippen LogP contribution in [0.5, 0.6) is 5.75 Å². The number of hydrogen-bond acceptors (Lipinski definition) is 5. The molecule has 1 rings (SSSR count). The van der Waals surface area contributed by atoms with Gasteiger partial charge in [-0.3, -0.25) is 10.1 Å². The van der Waals surface area contributed by atoms with Crippen molar-refractivity contribution in [3.8, 4) is 5.75 Å². The van der Waals surface area contributed by atoms with Gasteiger partial charge in [-0.25, -0.2) is 14.0 Å². The normalized spacial score (nSPS) is 10.6. The standard InChI is InChI=1S/C15H19FN2O5/c1-15(2,3)18-14(21)17-12(19)8-23-13(20)9-22-11-6-4-5-10(16)7-11/h4-7H,8-9H2,1-3H3,(H2,17,18,19,21).